The Kier molecular flexibility index (Phi) is 6.75. The van der Waals surface area contributed by atoms with Gasteiger partial charge in [0.1, 0.15) is 10.5 Å². The zero-order valence-electron chi connectivity index (χ0n) is 22.0. The summed E-state index contributed by atoms with van der Waals surface area (Å²) in [6.45, 7) is 3.14. The number of esters is 1. The van der Waals surface area contributed by atoms with Gasteiger partial charge in [-0.2, -0.15) is 4.84 Å². The average molecular weight is 541 g/mol. The van der Waals surface area contributed by atoms with Crippen LogP contribution in [0.3, 0.4) is 0 Å². The summed E-state index contributed by atoms with van der Waals surface area (Å²) in [7, 11) is 0. The van der Waals surface area contributed by atoms with Gasteiger partial charge < -0.3 is 14.9 Å². The third-order valence-electron chi connectivity index (χ3n) is 9.97. The Morgan fingerprint density at radius 1 is 1.15 bits per heavy atom. The molecule has 208 valence electrons. The van der Waals surface area contributed by atoms with Crippen molar-refractivity contribution in [2.24, 2.45) is 28.6 Å². The van der Waals surface area contributed by atoms with Gasteiger partial charge in [-0.05, 0) is 73.8 Å². The lowest BCUT2D eigenvalue weighted by atomic mass is 9.46. The Balaban J connectivity index is 1.28. The Bertz CT molecular complexity index is 1270. The van der Waals surface area contributed by atoms with Crippen molar-refractivity contribution in [2.75, 3.05) is 6.61 Å². The van der Waals surface area contributed by atoms with Crippen molar-refractivity contribution in [1.29, 1.82) is 0 Å². The van der Waals surface area contributed by atoms with E-state index in [1.807, 2.05) is 13.0 Å². The molecule has 0 saturated heterocycles. The molecule has 0 aliphatic heterocycles. The summed E-state index contributed by atoms with van der Waals surface area (Å²) in [5.41, 5.74) is -1.32. The van der Waals surface area contributed by atoms with Gasteiger partial charge in [-0.1, -0.05) is 37.6 Å². The molecule has 0 spiro atoms. The number of carbonyl (C=O) groups excluding carboxylic acids is 3. The van der Waals surface area contributed by atoms with Crippen LogP contribution >= 0.6 is 0 Å². The maximum atomic E-state index is 13.4. The van der Waals surface area contributed by atoms with E-state index in [1.54, 1.807) is 12.2 Å². The molecule has 3 fully saturated rings. The first-order chi connectivity index (χ1) is 18.4. The van der Waals surface area contributed by atoms with E-state index in [0.29, 0.717) is 12.0 Å². The van der Waals surface area contributed by atoms with Gasteiger partial charge in [0.05, 0.1) is 11.7 Å². The molecule has 1 aromatic rings. The quantitative estimate of drug-likeness (QED) is 0.350. The molecule has 7 atom stereocenters. The SMILES string of the molecule is CC12C=CC(=O)C=C1CCC1C2C(O)CC2(C)C1CCC2(O)C(=O)COC(=O)c1ccc(CO[N+](=O)O)cc1. The van der Waals surface area contributed by atoms with Crippen LogP contribution in [0.25, 0.3) is 0 Å². The second-order valence-electron chi connectivity index (χ2n) is 11.8. The van der Waals surface area contributed by atoms with Crippen molar-refractivity contribution in [3.63, 3.8) is 0 Å². The van der Waals surface area contributed by atoms with E-state index in [9.17, 15) is 29.5 Å². The number of benzene rings is 1. The van der Waals surface area contributed by atoms with Crippen LogP contribution in [0.4, 0.5) is 0 Å². The first-order valence-electron chi connectivity index (χ1n) is 13.3. The molecule has 0 bridgehead atoms. The fraction of sp³-hybridized carbons (Fsp3) is 0.552. The molecule has 5 rings (SSSR count). The highest BCUT2D eigenvalue weighted by Crippen LogP contribution is 2.67. The third kappa shape index (κ3) is 4.39. The van der Waals surface area contributed by atoms with Gasteiger partial charge >= 0.3 is 11.1 Å². The lowest BCUT2D eigenvalue weighted by molar-refractivity contribution is -0.979. The maximum Gasteiger partial charge on any atom is 0.475 e. The van der Waals surface area contributed by atoms with Crippen molar-refractivity contribution < 1.29 is 44.5 Å². The summed E-state index contributed by atoms with van der Waals surface area (Å²) >= 11 is 0. The number of nitrogens with zero attached hydrogens (tertiary/aromatic N) is 1. The molecule has 10 heteroatoms. The van der Waals surface area contributed by atoms with Crippen LogP contribution in [0.2, 0.25) is 0 Å². The van der Waals surface area contributed by atoms with Gasteiger partial charge in [0, 0.05) is 16.7 Å². The van der Waals surface area contributed by atoms with Crippen LogP contribution in [0.5, 0.6) is 0 Å². The van der Waals surface area contributed by atoms with Gasteiger partial charge in [0.15, 0.2) is 19.0 Å². The molecule has 7 unspecified atom stereocenters. The molecule has 4 aliphatic rings. The number of allylic oxidation sites excluding steroid dienone is 4. The Morgan fingerprint density at radius 2 is 1.87 bits per heavy atom. The number of hydrogen-bond acceptors (Lipinski definition) is 8. The van der Waals surface area contributed by atoms with Crippen molar-refractivity contribution in [1.82, 2.24) is 0 Å². The highest BCUT2D eigenvalue weighted by Gasteiger charge is 2.68. The first kappa shape index (κ1) is 27.2. The smallest absolute Gasteiger partial charge is 0.454 e. The molecule has 3 saturated carbocycles. The molecular weight excluding hydrogens is 506 g/mol. The number of fused-ring (bicyclic) bond motifs is 5. The number of rotatable bonds is 7. The summed E-state index contributed by atoms with van der Waals surface area (Å²) in [6.07, 6.45) is 7.00. The van der Waals surface area contributed by atoms with E-state index in [-0.39, 0.29) is 48.5 Å². The molecule has 0 amide bonds. The van der Waals surface area contributed by atoms with Crippen LogP contribution in [0, 0.1) is 33.5 Å². The number of carbonyl (C=O) groups is 3. The number of ether oxygens (including phenoxy) is 1. The Labute approximate surface area is 225 Å². The standard InChI is InChI=1S/C29H34NO9/c1-27-11-9-20(31)13-19(27)7-8-21-22-10-12-29(35,28(22,2)14-23(32)25(21)27)24(33)16-38-26(34)18-5-3-17(4-6-18)15-39-30(36)37/h3-6,9,11,13,21-23,25,32,35H,7-8,10,12,14-16H2,1-2H3,(H,36,37)/q+1. The minimum absolute atomic E-state index is 0.00122. The van der Waals surface area contributed by atoms with E-state index in [2.05, 4.69) is 11.8 Å². The largest absolute Gasteiger partial charge is 0.475 e. The average Bonchev–Trinajstić information content (AvgIpc) is 3.17. The molecule has 0 radical (unpaired) electrons. The van der Waals surface area contributed by atoms with Crippen LogP contribution in [0.15, 0.2) is 48.1 Å². The van der Waals surface area contributed by atoms with Crippen LogP contribution in [-0.4, -0.2) is 56.4 Å². The van der Waals surface area contributed by atoms with Crippen molar-refractivity contribution in [3.05, 3.63) is 64.1 Å². The minimum atomic E-state index is -1.74. The van der Waals surface area contributed by atoms with Gasteiger partial charge in [0.25, 0.3) is 0 Å². The maximum absolute atomic E-state index is 13.4. The highest BCUT2D eigenvalue weighted by atomic mass is 16.9. The lowest BCUT2D eigenvalue weighted by Gasteiger charge is -2.59. The Morgan fingerprint density at radius 3 is 2.56 bits per heavy atom. The molecule has 4 aliphatic carbocycles. The highest BCUT2D eigenvalue weighted by molar-refractivity contribution is 6.01. The van der Waals surface area contributed by atoms with E-state index < -0.39 is 46.0 Å². The monoisotopic (exact) mass is 540 g/mol. The van der Waals surface area contributed by atoms with Gasteiger partial charge in [0.2, 0.25) is 5.78 Å². The molecule has 0 heterocycles. The summed E-state index contributed by atoms with van der Waals surface area (Å²) in [5, 5.41) is 31.1. The molecular formula is C29H34NO9+. The number of Topliss-reactive ketones (excluding diaryl/α,β-unsaturated/α-hetero) is 1. The van der Waals surface area contributed by atoms with Crippen LogP contribution in [-0.2, 0) is 25.8 Å². The molecule has 39 heavy (non-hydrogen) atoms. The van der Waals surface area contributed by atoms with E-state index in [4.69, 9.17) is 9.94 Å². The van der Waals surface area contributed by atoms with Crippen molar-refractivity contribution in [3.8, 4) is 0 Å². The zero-order valence-corrected chi connectivity index (χ0v) is 22.0. The number of aliphatic hydroxyl groups excluding tert-OH is 1. The van der Waals surface area contributed by atoms with E-state index in [1.165, 1.54) is 24.3 Å². The van der Waals surface area contributed by atoms with Crippen LogP contribution < -0.4 is 0 Å². The number of ketones is 2. The zero-order chi connectivity index (χ0) is 28.2. The molecule has 1 aromatic carbocycles. The first-order valence-corrected chi connectivity index (χ1v) is 13.3. The predicted octanol–water partition coefficient (Wildman–Crippen LogP) is 3.02. The fourth-order valence-corrected chi connectivity index (χ4v) is 7.99. The topological polar surface area (TPSA) is 150 Å². The Hall–Kier alpha value is -3.37. The number of aliphatic hydroxyl groups is 2. The molecule has 10 nitrogen and oxygen atoms in total. The third-order valence-corrected chi connectivity index (χ3v) is 9.97. The predicted molar refractivity (Wildman–Crippen MR) is 135 cm³/mol. The molecule has 3 N–H and O–H groups in total. The van der Waals surface area contributed by atoms with Crippen molar-refractivity contribution in [2.45, 2.75) is 64.3 Å². The minimum Gasteiger partial charge on any atom is -0.454 e. The molecule has 0 aromatic heterocycles. The number of hydrogen-bond donors (Lipinski definition) is 3. The summed E-state index contributed by atoms with van der Waals surface area (Å²) < 4.78 is 5.27. The van der Waals surface area contributed by atoms with Gasteiger partial charge in [-0.3, -0.25) is 9.59 Å². The summed E-state index contributed by atoms with van der Waals surface area (Å²) in [5.74, 6) is -1.40. The van der Waals surface area contributed by atoms with Crippen molar-refractivity contribution >= 4 is 17.5 Å². The van der Waals surface area contributed by atoms with Gasteiger partial charge in [-0.25, -0.2) is 10.0 Å². The normalized spacial score (nSPS) is 36.7. The second kappa shape index (κ2) is 9.67. The fourth-order valence-electron chi connectivity index (χ4n) is 7.99. The van der Waals surface area contributed by atoms with E-state index >= 15 is 0 Å². The van der Waals surface area contributed by atoms with Gasteiger partial charge in [-0.15, -0.1) is 0 Å². The second-order valence-corrected chi connectivity index (χ2v) is 11.8. The summed E-state index contributed by atoms with van der Waals surface area (Å²) in [6, 6.07) is 5.91. The lowest BCUT2D eigenvalue weighted by Crippen LogP contribution is -2.61. The summed E-state index contributed by atoms with van der Waals surface area (Å²) in [4.78, 5) is 52.9. The van der Waals surface area contributed by atoms with E-state index in [0.717, 1.165) is 18.4 Å². The van der Waals surface area contributed by atoms with Crippen LogP contribution in [0.1, 0.15) is 61.9 Å².